The minimum Gasteiger partial charge on any atom is -0.497 e. The lowest BCUT2D eigenvalue weighted by Crippen LogP contribution is -2.53. The molecule has 0 aliphatic rings. The Hall–Kier alpha value is -2.53. The molecule has 2 aromatic carbocycles. The Labute approximate surface area is 145 Å². The van der Waals surface area contributed by atoms with Crippen molar-refractivity contribution in [3.8, 4) is 5.75 Å². The fraction of sp³-hybridized carbons (Fsp3) is 0.222. The fourth-order valence-electron chi connectivity index (χ4n) is 2.37. The van der Waals surface area contributed by atoms with E-state index in [1.165, 1.54) is 0 Å². The number of hydrogen-bond donors (Lipinski definition) is 2. The highest BCUT2D eigenvalue weighted by Gasteiger charge is 2.35. The second kappa shape index (κ2) is 7.36. The van der Waals surface area contributed by atoms with Crippen LogP contribution in [0.5, 0.6) is 5.75 Å². The molecule has 6 heteroatoms. The maximum absolute atomic E-state index is 12.4. The van der Waals surface area contributed by atoms with Gasteiger partial charge >= 0.3 is 0 Å². The third-order valence-electron chi connectivity index (χ3n) is 3.78. The average Bonchev–Trinajstić information content (AvgIpc) is 2.54. The number of methoxy groups -OCH3 is 1. The molecule has 0 bridgehead atoms. The highest BCUT2D eigenvalue weighted by molar-refractivity contribution is 6.30. The first-order valence-corrected chi connectivity index (χ1v) is 7.73. The number of hydrogen-bond acceptors (Lipinski definition) is 3. The predicted molar refractivity (Wildman–Crippen MR) is 92.8 cm³/mol. The zero-order valence-corrected chi connectivity index (χ0v) is 14.3. The van der Waals surface area contributed by atoms with Crippen LogP contribution in [0.3, 0.4) is 0 Å². The molecule has 2 amide bonds. The van der Waals surface area contributed by atoms with Gasteiger partial charge in [-0.15, -0.1) is 0 Å². The number of carbonyl (C=O) groups excluding carboxylic acids is 2. The molecule has 0 saturated heterocycles. The standard InChI is InChI=1S/C18H19ClN2O3/c1-18(17(20)23,13-6-4-7-14(19)11-13)21-16(22)10-12-5-3-8-15(9-12)24-2/h3-9,11H,10H2,1-2H3,(H2,20,23)(H,21,22)/t18-/m1/s1. The van der Waals surface area contributed by atoms with Crippen molar-refractivity contribution >= 4 is 23.4 Å². The topological polar surface area (TPSA) is 81.4 Å². The van der Waals surface area contributed by atoms with Gasteiger partial charge in [0.15, 0.2) is 0 Å². The molecule has 0 unspecified atom stereocenters. The van der Waals surface area contributed by atoms with Crippen LogP contribution in [0.2, 0.25) is 5.02 Å². The first-order valence-electron chi connectivity index (χ1n) is 7.35. The first kappa shape index (κ1) is 17.8. The lowest BCUT2D eigenvalue weighted by molar-refractivity contribution is -0.131. The summed E-state index contributed by atoms with van der Waals surface area (Å²) in [6.07, 6.45) is 0.0979. The molecular weight excluding hydrogens is 328 g/mol. The van der Waals surface area contributed by atoms with Crippen LogP contribution >= 0.6 is 11.6 Å². The predicted octanol–water partition coefficient (Wildman–Crippen LogP) is 2.41. The van der Waals surface area contributed by atoms with E-state index >= 15 is 0 Å². The van der Waals surface area contributed by atoms with E-state index in [1.807, 2.05) is 6.07 Å². The lowest BCUT2D eigenvalue weighted by Gasteiger charge is -2.28. The van der Waals surface area contributed by atoms with Crippen LogP contribution in [0.4, 0.5) is 0 Å². The maximum Gasteiger partial charge on any atom is 0.247 e. The van der Waals surface area contributed by atoms with Crippen molar-refractivity contribution in [1.29, 1.82) is 0 Å². The van der Waals surface area contributed by atoms with E-state index in [-0.39, 0.29) is 12.3 Å². The summed E-state index contributed by atoms with van der Waals surface area (Å²) in [7, 11) is 1.56. The van der Waals surface area contributed by atoms with Crippen molar-refractivity contribution in [2.45, 2.75) is 18.9 Å². The SMILES string of the molecule is COc1cccc(CC(=O)N[C@@](C)(C(N)=O)c2cccc(Cl)c2)c1. The lowest BCUT2D eigenvalue weighted by atomic mass is 9.91. The minimum absolute atomic E-state index is 0.0979. The van der Waals surface area contributed by atoms with Gasteiger partial charge in [0.05, 0.1) is 13.5 Å². The summed E-state index contributed by atoms with van der Waals surface area (Å²) in [5.74, 6) is -0.332. The smallest absolute Gasteiger partial charge is 0.247 e. The van der Waals surface area contributed by atoms with Crippen LogP contribution in [0.25, 0.3) is 0 Å². The van der Waals surface area contributed by atoms with Gasteiger partial charge in [-0.25, -0.2) is 0 Å². The third-order valence-corrected chi connectivity index (χ3v) is 4.02. The van der Waals surface area contributed by atoms with Gasteiger partial charge in [-0.1, -0.05) is 35.9 Å². The number of ether oxygens (including phenoxy) is 1. The number of nitrogens with one attached hydrogen (secondary N) is 1. The van der Waals surface area contributed by atoms with Gasteiger partial charge in [-0.2, -0.15) is 0 Å². The fourth-order valence-corrected chi connectivity index (χ4v) is 2.56. The number of benzene rings is 2. The number of primary amides is 1. The Kier molecular flexibility index (Phi) is 5.46. The molecule has 2 aromatic rings. The van der Waals surface area contributed by atoms with E-state index < -0.39 is 11.4 Å². The zero-order chi connectivity index (χ0) is 17.7. The van der Waals surface area contributed by atoms with Crippen molar-refractivity contribution in [2.75, 3.05) is 7.11 Å². The van der Waals surface area contributed by atoms with E-state index in [4.69, 9.17) is 22.1 Å². The van der Waals surface area contributed by atoms with Gasteiger partial charge in [0.2, 0.25) is 11.8 Å². The molecular formula is C18H19ClN2O3. The van der Waals surface area contributed by atoms with E-state index in [0.29, 0.717) is 16.3 Å². The molecule has 5 nitrogen and oxygen atoms in total. The quantitative estimate of drug-likeness (QED) is 0.842. The van der Waals surface area contributed by atoms with Crippen molar-refractivity contribution < 1.29 is 14.3 Å². The molecule has 0 spiro atoms. The van der Waals surface area contributed by atoms with Crippen molar-refractivity contribution in [1.82, 2.24) is 5.32 Å². The average molecular weight is 347 g/mol. The summed E-state index contributed by atoms with van der Waals surface area (Å²) in [5.41, 5.74) is 5.47. The summed E-state index contributed by atoms with van der Waals surface area (Å²) in [6.45, 7) is 1.56. The zero-order valence-electron chi connectivity index (χ0n) is 13.5. The van der Waals surface area contributed by atoms with Crippen LogP contribution < -0.4 is 15.8 Å². The number of halogens is 1. The number of carbonyl (C=O) groups is 2. The second-order valence-electron chi connectivity index (χ2n) is 5.58. The third kappa shape index (κ3) is 4.06. The largest absolute Gasteiger partial charge is 0.497 e. The van der Waals surface area contributed by atoms with E-state index in [1.54, 1.807) is 56.5 Å². The molecule has 1 atom stereocenters. The van der Waals surface area contributed by atoms with Gasteiger partial charge in [0.1, 0.15) is 11.3 Å². The Morgan fingerprint density at radius 3 is 2.54 bits per heavy atom. The van der Waals surface area contributed by atoms with Gasteiger partial charge in [0, 0.05) is 5.02 Å². The van der Waals surface area contributed by atoms with Crippen LogP contribution in [0, 0.1) is 0 Å². The molecule has 0 fully saturated rings. The number of nitrogens with two attached hydrogens (primary N) is 1. The van der Waals surface area contributed by atoms with Gasteiger partial charge in [-0.05, 0) is 42.3 Å². The van der Waals surface area contributed by atoms with Crippen LogP contribution in [-0.2, 0) is 21.5 Å². The Morgan fingerprint density at radius 1 is 1.21 bits per heavy atom. The summed E-state index contributed by atoms with van der Waals surface area (Å²) < 4.78 is 5.14. The van der Waals surface area contributed by atoms with Crippen molar-refractivity contribution in [2.24, 2.45) is 5.73 Å². The Bertz CT molecular complexity index is 763. The van der Waals surface area contributed by atoms with Crippen LogP contribution in [-0.4, -0.2) is 18.9 Å². The molecule has 126 valence electrons. The molecule has 0 heterocycles. The highest BCUT2D eigenvalue weighted by Crippen LogP contribution is 2.24. The minimum atomic E-state index is -1.35. The summed E-state index contributed by atoms with van der Waals surface area (Å²) >= 11 is 5.98. The van der Waals surface area contributed by atoms with Gasteiger partial charge in [0.25, 0.3) is 0 Å². The molecule has 0 aromatic heterocycles. The van der Waals surface area contributed by atoms with Crippen LogP contribution in [0.15, 0.2) is 48.5 Å². The van der Waals surface area contributed by atoms with Gasteiger partial charge < -0.3 is 15.8 Å². The first-order chi connectivity index (χ1) is 11.3. The molecule has 0 aliphatic carbocycles. The maximum atomic E-state index is 12.4. The molecule has 0 radical (unpaired) electrons. The van der Waals surface area contributed by atoms with E-state index in [2.05, 4.69) is 5.32 Å². The molecule has 0 aliphatic heterocycles. The molecule has 0 saturated carbocycles. The van der Waals surface area contributed by atoms with Crippen molar-refractivity contribution in [3.63, 3.8) is 0 Å². The molecule has 2 rings (SSSR count). The summed E-state index contributed by atoms with van der Waals surface area (Å²) in [4.78, 5) is 24.4. The Morgan fingerprint density at radius 2 is 1.92 bits per heavy atom. The van der Waals surface area contributed by atoms with Crippen LogP contribution in [0.1, 0.15) is 18.1 Å². The molecule has 3 N–H and O–H groups in total. The highest BCUT2D eigenvalue weighted by atomic mass is 35.5. The normalized spacial score (nSPS) is 13.0. The van der Waals surface area contributed by atoms with Gasteiger partial charge in [-0.3, -0.25) is 9.59 Å². The van der Waals surface area contributed by atoms with Crippen molar-refractivity contribution in [3.05, 3.63) is 64.7 Å². The van der Waals surface area contributed by atoms with E-state index in [0.717, 1.165) is 5.56 Å². The monoisotopic (exact) mass is 346 g/mol. The van der Waals surface area contributed by atoms with E-state index in [9.17, 15) is 9.59 Å². The number of amides is 2. The summed E-state index contributed by atoms with van der Waals surface area (Å²) in [6, 6.07) is 13.9. The second-order valence-corrected chi connectivity index (χ2v) is 6.01. The Balaban J connectivity index is 2.21. The number of rotatable bonds is 6. The summed E-state index contributed by atoms with van der Waals surface area (Å²) in [5, 5.41) is 3.17. The molecule has 24 heavy (non-hydrogen) atoms.